The van der Waals surface area contributed by atoms with Crippen molar-refractivity contribution in [1.82, 2.24) is 19.7 Å². The molecule has 0 atom stereocenters. The predicted molar refractivity (Wildman–Crippen MR) is 117 cm³/mol. The lowest BCUT2D eigenvalue weighted by atomic mass is 9.98. The summed E-state index contributed by atoms with van der Waals surface area (Å²) in [7, 11) is 0.439. The maximum absolute atomic E-state index is 12.6. The van der Waals surface area contributed by atoms with Gasteiger partial charge in [0.05, 0.1) is 24.9 Å². The molecule has 1 fully saturated rings. The van der Waals surface area contributed by atoms with E-state index in [1.165, 1.54) is 0 Å². The highest BCUT2D eigenvalue weighted by Gasteiger charge is 2.44. The van der Waals surface area contributed by atoms with Crippen LogP contribution in [0.5, 0.6) is 5.88 Å². The van der Waals surface area contributed by atoms with Gasteiger partial charge < -0.3 is 9.47 Å². The highest BCUT2D eigenvalue weighted by atomic mass is 28.3. The third-order valence-electron chi connectivity index (χ3n) is 5.92. The van der Waals surface area contributed by atoms with Gasteiger partial charge in [0.1, 0.15) is 24.6 Å². The molecule has 9 heteroatoms. The highest BCUT2D eigenvalue weighted by Crippen LogP contribution is 2.51. The molecule has 0 spiro atoms. The Morgan fingerprint density at radius 1 is 1.23 bits per heavy atom. The van der Waals surface area contributed by atoms with Crippen LogP contribution in [0.25, 0.3) is 11.3 Å². The second kappa shape index (κ2) is 7.77. The van der Waals surface area contributed by atoms with Gasteiger partial charge in [-0.15, -0.1) is 0 Å². The van der Waals surface area contributed by atoms with Crippen LogP contribution >= 0.6 is 0 Å². The third-order valence-corrected chi connectivity index (χ3v) is 7.63. The zero-order valence-electron chi connectivity index (χ0n) is 18.6. The number of hydrogen-bond acceptors (Lipinski definition) is 6. The van der Waals surface area contributed by atoms with Crippen molar-refractivity contribution in [3.8, 4) is 17.1 Å². The normalized spacial score (nSPS) is 17.8. The summed E-state index contributed by atoms with van der Waals surface area (Å²) in [6.07, 6.45) is 4.14. The first-order valence-electron chi connectivity index (χ1n) is 10.6. The average molecular weight is 430 g/mol. The van der Waals surface area contributed by atoms with Crippen LogP contribution in [-0.4, -0.2) is 54.2 Å². The number of carbonyl (C=O) groups excluding carboxylic acids is 1. The molecule has 30 heavy (non-hydrogen) atoms. The molecule has 0 saturated heterocycles. The molecular formula is C21H31N5O3Si. The van der Waals surface area contributed by atoms with Gasteiger partial charge in [-0.05, 0) is 18.9 Å². The van der Waals surface area contributed by atoms with Crippen molar-refractivity contribution in [2.75, 3.05) is 25.3 Å². The summed E-state index contributed by atoms with van der Waals surface area (Å²) < 4.78 is 13.3. The van der Waals surface area contributed by atoms with Crippen LogP contribution in [0.15, 0.2) is 12.4 Å². The number of anilines is 1. The van der Waals surface area contributed by atoms with Crippen molar-refractivity contribution in [3.63, 3.8) is 0 Å². The number of fused-ring (bicyclic) bond motifs is 1. The lowest BCUT2D eigenvalue weighted by Crippen LogP contribution is -2.39. The standard InChI is InChI=1S/C21H31N5O3Si/c1-21(7-8-21)19-18(20(28-2)23-13-22-19)15-12-16-25(14-29-10-11-30(3,4)5)17(27)6-9-26(16)24-15/h12-13H,6-11,14H2,1-5H3. The molecule has 0 radical (unpaired) electrons. The van der Waals surface area contributed by atoms with Gasteiger partial charge in [0.25, 0.3) is 0 Å². The Kier molecular flexibility index (Phi) is 5.44. The minimum Gasteiger partial charge on any atom is -0.480 e. The first kappa shape index (κ1) is 21.0. The summed E-state index contributed by atoms with van der Waals surface area (Å²) >= 11 is 0. The topological polar surface area (TPSA) is 82.4 Å². The predicted octanol–water partition coefficient (Wildman–Crippen LogP) is 3.45. The number of aromatic nitrogens is 4. The number of amides is 1. The van der Waals surface area contributed by atoms with Crippen LogP contribution in [0.1, 0.15) is 31.9 Å². The van der Waals surface area contributed by atoms with Crippen LogP contribution in [0, 0.1) is 0 Å². The van der Waals surface area contributed by atoms with Crippen LogP contribution in [0.3, 0.4) is 0 Å². The number of ether oxygens (including phenoxy) is 2. The van der Waals surface area contributed by atoms with Crippen LogP contribution in [0.2, 0.25) is 25.7 Å². The molecule has 2 aliphatic rings. The SMILES string of the molecule is COc1ncnc(C2(C)CC2)c1-c1cc2n(n1)CCC(=O)N2COCC[Si](C)(C)C. The summed E-state index contributed by atoms with van der Waals surface area (Å²) in [5, 5.41) is 4.80. The zero-order chi connectivity index (χ0) is 21.5. The molecule has 0 aromatic carbocycles. The average Bonchev–Trinajstić information content (AvgIpc) is 3.30. The lowest BCUT2D eigenvalue weighted by molar-refractivity contribution is -0.120. The minimum absolute atomic E-state index is 0.0329. The van der Waals surface area contributed by atoms with E-state index in [1.54, 1.807) is 18.3 Å². The summed E-state index contributed by atoms with van der Waals surface area (Å²) in [6, 6.07) is 3.01. The summed E-state index contributed by atoms with van der Waals surface area (Å²) in [6.45, 7) is 10.6. The molecule has 1 amide bonds. The van der Waals surface area contributed by atoms with Crippen molar-refractivity contribution in [2.45, 2.75) is 63.8 Å². The van der Waals surface area contributed by atoms with Crippen molar-refractivity contribution < 1.29 is 14.3 Å². The van der Waals surface area contributed by atoms with Crippen LogP contribution < -0.4 is 9.64 Å². The molecule has 8 nitrogen and oxygen atoms in total. The molecular weight excluding hydrogens is 398 g/mol. The number of rotatable bonds is 8. The molecule has 0 N–H and O–H groups in total. The van der Waals surface area contributed by atoms with E-state index >= 15 is 0 Å². The monoisotopic (exact) mass is 429 g/mol. The fraction of sp³-hybridized carbons (Fsp3) is 0.619. The molecule has 2 aromatic rings. The van der Waals surface area contributed by atoms with Crippen LogP contribution in [-0.2, 0) is 21.5 Å². The van der Waals surface area contributed by atoms with Crippen molar-refractivity contribution in [3.05, 3.63) is 18.1 Å². The molecule has 0 bridgehead atoms. The Morgan fingerprint density at radius 2 is 2.00 bits per heavy atom. The lowest BCUT2D eigenvalue weighted by Gasteiger charge is -2.27. The van der Waals surface area contributed by atoms with Crippen molar-refractivity contribution in [1.29, 1.82) is 0 Å². The number of hydrogen-bond donors (Lipinski definition) is 0. The molecule has 2 aromatic heterocycles. The van der Waals surface area contributed by atoms with Gasteiger partial charge >= 0.3 is 0 Å². The fourth-order valence-electron chi connectivity index (χ4n) is 3.68. The Balaban J connectivity index is 1.63. The van der Waals surface area contributed by atoms with Crippen LogP contribution in [0.4, 0.5) is 5.82 Å². The van der Waals surface area contributed by atoms with Crippen molar-refractivity contribution in [2.24, 2.45) is 0 Å². The van der Waals surface area contributed by atoms with E-state index in [2.05, 4.69) is 36.5 Å². The second-order valence-corrected chi connectivity index (χ2v) is 15.3. The third kappa shape index (κ3) is 4.13. The highest BCUT2D eigenvalue weighted by molar-refractivity contribution is 6.76. The summed E-state index contributed by atoms with van der Waals surface area (Å²) in [5.41, 5.74) is 2.57. The van der Waals surface area contributed by atoms with Gasteiger partial charge in [-0.2, -0.15) is 5.10 Å². The second-order valence-electron chi connectivity index (χ2n) is 9.70. The quantitative estimate of drug-likeness (QED) is 0.472. The van der Waals surface area contributed by atoms with E-state index in [0.29, 0.717) is 25.5 Å². The van der Waals surface area contributed by atoms with E-state index in [1.807, 2.05) is 10.7 Å². The minimum atomic E-state index is -1.18. The Bertz CT molecular complexity index is 949. The van der Waals surface area contributed by atoms with Gasteiger partial charge in [0.15, 0.2) is 0 Å². The Hall–Kier alpha value is -2.26. The summed E-state index contributed by atoms with van der Waals surface area (Å²) in [5.74, 6) is 1.34. The Morgan fingerprint density at radius 3 is 2.67 bits per heavy atom. The fourth-order valence-corrected chi connectivity index (χ4v) is 4.44. The maximum Gasteiger partial charge on any atom is 0.231 e. The van der Waals surface area contributed by atoms with Gasteiger partial charge in [-0.25, -0.2) is 14.6 Å². The van der Waals surface area contributed by atoms with E-state index in [-0.39, 0.29) is 18.1 Å². The molecule has 1 aliphatic heterocycles. The summed E-state index contributed by atoms with van der Waals surface area (Å²) in [4.78, 5) is 23.2. The smallest absolute Gasteiger partial charge is 0.231 e. The first-order chi connectivity index (χ1) is 14.2. The van der Waals surface area contributed by atoms with E-state index in [9.17, 15) is 4.79 Å². The first-order valence-corrected chi connectivity index (χ1v) is 14.3. The molecule has 1 aliphatic carbocycles. The van der Waals surface area contributed by atoms with E-state index in [0.717, 1.165) is 41.7 Å². The molecule has 3 heterocycles. The zero-order valence-corrected chi connectivity index (χ0v) is 19.6. The molecule has 0 unspecified atom stereocenters. The van der Waals surface area contributed by atoms with Gasteiger partial charge in [-0.3, -0.25) is 9.69 Å². The largest absolute Gasteiger partial charge is 0.480 e. The number of aryl methyl sites for hydroxylation is 1. The molecule has 1 saturated carbocycles. The maximum atomic E-state index is 12.6. The molecule has 4 rings (SSSR count). The van der Waals surface area contributed by atoms with Gasteiger partial charge in [0.2, 0.25) is 11.8 Å². The molecule has 162 valence electrons. The van der Waals surface area contributed by atoms with E-state index < -0.39 is 8.07 Å². The van der Waals surface area contributed by atoms with E-state index in [4.69, 9.17) is 14.6 Å². The van der Waals surface area contributed by atoms with Gasteiger partial charge in [0, 0.05) is 32.6 Å². The number of carbonyl (C=O) groups is 1. The van der Waals surface area contributed by atoms with Crippen molar-refractivity contribution >= 4 is 19.8 Å². The van der Waals surface area contributed by atoms with Gasteiger partial charge in [-0.1, -0.05) is 26.6 Å². The number of methoxy groups -OCH3 is 1. The number of nitrogens with zero attached hydrogens (tertiary/aromatic N) is 5. The Labute approximate surface area is 178 Å².